The van der Waals surface area contributed by atoms with Gasteiger partial charge in [0.2, 0.25) is 11.8 Å². The zero-order valence-corrected chi connectivity index (χ0v) is 35.7. The SMILES string of the molecule is CO[C@@H]1/C=C/C=C(\C)Cc2cc(C)c(Cl)c(c2)N(C)C(=O)C[C@H](OC(=O)[C@H](C)N(C)C(=O)CCCCCNC(C)(C)C)[C@]2(C)O[C@H]2[C@H](C)[C@@H]2C[C@@]1(O)NC(=O)O2. The number of nitrogens with zero attached hydrogens (tertiary/aromatic N) is 2. The number of epoxide rings is 1. The predicted molar refractivity (Wildman–Crippen MR) is 215 cm³/mol. The quantitative estimate of drug-likeness (QED) is 0.151. The maximum atomic E-state index is 14.2. The van der Waals surface area contributed by atoms with Gasteiger partial charge in [-0.25, -0.2) is 9.59 Å². The van der Waals surface area contributed by atoms with Crippen molar-refractivity contribution in [2.24, 2.45) is 5.92 Å². The van der Waals surface area contributed by atoms with Gasteiger partial charge in [0, 0.05) is 45.5 Å². The van der Waals surface area contributed by atoms with Gasteiger partial charge in [-0.3, -0.25) is 14.9 Å². The average Bonchev–Trinajstić information content (AvgIpc) is 3.81. The summed E-state index contributed by atoms with van der Waals surface area (Å²) in [6, 6.07) is 2.88. The molecule has 0 aromatic heterocycles. The molecule has 3 aliphatic rings. The Balaban J connectivity index is 1.62. The normalized spacial score (nSPS) is 30.6. The highest BCUT2D eigenvalue weighted by Gasteiger charge is 2.64. The smallest absolute Gasteiger partial charge is 0.409 e. The van der Waals surface area contributed by atoms with Crippen molar-refractivity contribution in [1.82, 2.24) is 15.5 Å². The van der Waals surface area contributed by atoms with Crippen molar-refractivity contribution >= 4 is 41.2 Å². The molecule has 0 aliphatic carbocycles. The molecule has 13 nitrogen and oxygen atoms in total. The van der Waals surface area contributed by atoms with Crippen molar-refractivity contribution in [3.05, 3.63) is 52.1 Å². The van der Waals surface area contributed by atoms with E-state index >= 15 is 0 Å². The number of alkyl carbamates (subject to hydrolysis) is 1. The molecule has 0 unspecified atom stereocenters. The maximum Gasteiger partial charge on any atom is 0.409 e. The monoisotopic (exact) mass is 802 g/mol. The number of likely N-dealkylation sites (N-methyl/N-ethyl adjacent to an activating group) is 1. The summed E-state index contributed by atoms with van der Waals surface area (Å²) in [6.45, 7) is 16.2. The maximum absolute atomic E-state index is 14.2. The van der Waals surface area contributed by atoms with E-state index in [4.69, 9.17) is 30.5 Å². The van der Waals surface area contributed by atoms with Crippen LogP contribution in [-0.4, -0.2) is 109 Å². The largest absolute Gasteiger partial charge is 0.457 e. The van der Waals surface area contributed by atoms with E-state index in [1.165, 1.54) is 16.9 Å². The number of ether oxygens (including phenoxy) is 4. The summed E-state index contributed by atoms with van der Waals surface area (Å²) in [7, 11) is 4.65. The lowest BCUT2D eigenvalue weighted by Gasteiger charge is -2.42. The first-order valence-corrected chi connectivity index (χ1v) is 20.0. The summed E-state index contributed by atoms with van der Waals surface area (Å²) in [6.07, 6.45) is 4.05. The first kappa shape index (κ1) is 45.2. The van der Waals surface area contributed by atoms with Crippen LogP contribution in [-0.2, 0) is 39.8 Å². The number of aliphatic hydroxyl groups is 1. The Bertz CT molecular complexity index is 1680. The van der Waals surface area contributed by atoms with Crippen LogP contribution in [0.2, 0.25) is 5.02 Å². The van der Waals surface area contributed by atoms with Crippen LogP contribution in [0.4, 0.5) is 10.5 Å². The van der Waals surface area contributed by atoms with Crippen molar-refractivity contribution in [3.63, 3.8) is 0 Å². The van der Waals surface area contributed by atoms with Crippen LogP contribution in [0, 0.1) is 12.8 Å². The molecule has 56 heavy (non-hydrogen) atoms. The summed E-state index contributed by atoms with van der Waals surface area (Å²) < 4.78 is 23.8. The minimum absolute atomic E-state index is 0.0287. The van der Waals surface area contributed by atoms with Gasteiger partial charge in [0.25, 0.3) is 0 Å². The molecule has 1 aromatic rings. The minimum Gasteiger partial charge on any atom is -0.457 e. The summed E-state index contributed by atoms with van der Waals surface area (Å²) in [4.78, 5) is 56.9. The molecular weight excluding hydrogens is 740 g/mol. The highest BCUT2D eigenvalue weighted by molar-refractivity contribution is 6.34. The number of fused-ring (bicyclic) bond motifs is 5. The molecule has 0 saturated carbocycles. The predicted octanol–water partition coefficient (Wildman–Crippen LogP) is 5.76. The first-order chi connectivity index (χ1) is 26.1. The van der Waals surface area contributed by atoms with Crippen molar-refractivity contribution in [2.45, 2.75) is 148 Å². The number of nitrogens with one attached hydrogen (secondary N) is 2. The number of methoxy groups -OCH3 is 1. The Kier molecular flexibility index (Phi) is 14.9. The molecule has 0 spiro atoms. The molecule has 3 aliphatic heterocycles. The molecule has 0 radical (unpaired) electrons. The molecule has 3 N–H and O–H groups in total. The number of hydrogen-bond donors (Lipinski definition) is 3. The zero-order chi connectivity index (χ0) is 41.7. The Labute approximate surface area is 337 Å². The molecule has 14 heteroatoms. The Morgan fingerprint density at radius 2 is 1.89 bits per heavy atom. The second-order valence-corrected chi connectivity index (χ2v) is 17.4. The van der Waals surface area contributed by atoms with E-state index in [1.807, 2.05) is 39.0 Å². The standard InChI is InChI=1S/C42H63ClN4O9/c1-25-16-15-17-32(53-11)42(52)24-31(54-39(51)45-42)27(3)37-41(8,56-37)33(23-35(49)47(10)30-22-29(20-25)21-26(2)36(30)43)55-38(50)28(4)46(9)34(48)18-13-12-14-19-44-40(5,6)7/h15-17,21-22,27-28,31-33,37,44,52H,12-14,18-20,23-24H2,1-11H3,(H,45,51)/b17-15+,25-16+/t27-,28+,31+,32-,33+,37+,41+,42+/m1/s1. The molecule has 3 heterocycles. The number of hydrogen-bond acceptors (Lipinski definition) is 10. The van der Waals surface area contributed by atoms with E-state index in [1.54, 1.807) is 40.1 Å². The van der Waals surface area contributed by atoms with Crippen LogP contribution >= 0.6 is 11.6 Å². The fourth-order valence-corrected chi connectivity index (χ4v) is 7.71. The number of esters is 1. The molecule has 4 bridgehead atoms. The fourth-order valence-electron chi connectivity index (χ4n) is 7.47. The van der Waals surface area contributed by atoms with Crippen molar-refractivity contribution in [2.75, 3.05) is 32.6 Å². The van der Waals surface area contributed by atoms with E-state index < -0.39 is 59.8 Å². The van der Waals surface area contributed by atoms with E-state index in [0.29, 0.717) is 23.6 Å². The van der Waals surface area contributed by atoms with E-state index in [-0.39, 0.29) is 36.6 Å². The molecular formula is C42H63ClN4O9. The number of rotatable bonds is 10. The van der Waals surface area contributed by atoms with Gasteiger partial charge < -0.3 is 39.2 Å². The number of unbranched alkanes of at least 4 members (excludes halogenated alkanes) is 2. The van der Waals surface area contributed by atoms with E-state index in [0.717, 1.165) is 36.1 Å². The average molecular weight is 803 g/mol. The molecule has 2 saturated heterocycles. The van der Waals surface area contributed by atoms with Gasteiger partial charge in [0.1, 0.15) is 30.0 Å². The molecule has 4 rings (SSSR count). The van der Waals surface area contributed by atoms with Crippen LogP contribution in [0.1, 0.15) is 98.1 Å². The van der Waals surface area contributed by atoms with Crippen LogP contribution in [0.3, 0.4) is 0 Å². The number of carbonyl (C=O) groups is 4. The van der Waals surface area contributed by atoms with Gasteiger partial charge in [0.05, 0.1) is 23.2 Å². The minimum atomic E-state index is -1.81. The molecule has 8 atom stereocenters. The van der Waals surface area contributed by atoms with Gasteiger partial charge >= 0.3 is 12.1 Å². The third kappa shape index (κ3) is 11.1. The third-order valence-electron chi connectivity index (χ3n) is 11.2. The van der Waals surface area contributed by atoms with Crippen LogP contribution < -0.4 is 15.5 Å². The lowest BCUT2D eigenvalue weighted by atomic mass is 9.83. The van der Waals surface area contributed by atoms with Gasteiger partial charge in [0.15, 0.2) is 5.72 Å². The Hall–Kier alpha value is -3.49. The summed E-state index contributed by atoms with van der Waals surface area (Å²) >= 11 is 6.79. The Morgan fingerprint density at radius 1 is 1.20 bits per heavy atom. The molecule has 2 fully saturated rings. The lowest BCUT2D eigenvalue weighted by molar-refractivity contribution is -0.162. The number of allylic oxidation sites excluding steroid dienone is 3. The van der Waals surface area contributed by atoms with Crippen molar-refractivity contribution in [1.29, 1.82) is 0 Å². The number of benzene rings is 1. The number of aryl methyl sites for hydroxylation is 1. The number of anilines is 1. The molecule has 312 valence electrons. The highest BCUT2D eigenvalue weighted by Crippen LogP contribution is 2.49. The van der Waals surface area contributed by atoms with Crippen LogP contribution in [0.25, 0.3) is 0 Å². The summed E-state index contributed by atoms with van der Waals surface area (Å²) in [5.74, 6) is -1.76. The first-order valence-electron chi connectivity index (χ1n) is 19.6. The number of carbonyl (C=O) groups excluding carboxylic acids is 4. The second kappa shape index (κ2) is 18.4. The molecule has 1 aromatic carbocycles. The number of amides is 3. The summed E-state index contributed by atoms with van der Waals surface area (Å²) in [5, 5.41) is 18.2. The second-order valence-electron chi connectivity index (χ2n) is 17.0. The zero-order valence-electron chi connectivity index (χ0n) is 35.0. The van der Waals surface area contributed by atoms with Gasteiger partial charge in [-0.15, -0.1) is 0 Å². The van der Waals surface area contributed by atoms with E-state index in [2.05, 4.69) is 31.4 Å². The number of halogens is 1. The topological polar surface area (TPSA) is 159 Å². The lowest BCUT2D eigenvalue weighted by Crippen LogP contribution is -2.63. The Morgan fingerprint density at radius 3 is 2.55 bits per heavy atom. The van der Waals surface area contributed by atoms with Crippen molar-refractivity contribution in [3.8, 4) is 0 Å². The van der Waals surface area contributed by atoms with Gasteiger partial charge in [-0.05, 0) is 91.5 Å². The summed E-state index contributed by atoms with van der Waals surface area (Å²) in [5.41, 5.74) is 0.227. The van der Waals surface area contributed by atoms with Crippen LogP contribution in [0.15, 0.2) is 35.9 Å². The van der Waals surface area contributed by atoms with Crippen LogP contribution in [0.5, 0.6) is 0 Å². The fraction of sp³-hybridized carbons (Fsp3) is 0.667. The third-order valence-corrected chi connectivity index (χ3v) is 11.7. The van der Waals surface area contributed by atoms with Crippen molar-refractivity contribution < 1.29 is 43.2 Å². The molecule has 3 amide bonds. The van der Waals surface area contributed by atoms with Gasteiger partial charge in [-0.2, -0.15) is 0 Å². The van der Waals surface area contributed by atoms with Gasteiger partial charge in [-0.1, -0.05) is 54.8 Å². The van der Waals surface area contributed by atoms with E-state index in [9.17, 15) is 24.3 Å². The highest BCUT2D eigenvalue weighted by atomic mass is 35.5.